The zero-order valence-electron chi connectivity index (χ0n) is 15.0. The van der Waals surface area contributed by atoms with Crippen LogP contribution in [0.15, 0.2) is 42.2 Å². The number of Topliss-reactive ketones (excluding diaryl/α,β-unsaturated/α-hetero) is 1. The molecule has 2 aromatic carbocycles. The minimum Gasteiger partial charge on any atom is -0.493 e. The smallest absolute Gasteiger partial charge is 0.314 e. The van der Waals surface area contributed by atoms with Crippen LogP contribution in [0.3, 0.4) is 0 Å². The van der Waals surface area contributed by atoms with Gasteiger partial charge < -0.3 is 18.9 Å². The van der Waals surface area contributed by atoms with Crippen LogP contribution >= 0.6 is 0 Å². The third-order valence-electron chi connectivity index (χ3n) is 4.49. The Labute approximate surface area is 156 Å². The predicted molar refractivity (Wildman–Crippen MR) is 97.3 cm³/mol. The fraction of sp³-hybridized carbons (Fsp3) is 0.238. The average Bonchev–Trinajstić information content (AvgIpc) is 3.48. The second-order valence-corrected chi connectivity index (χ2v) is 6.38. The number of ether oxygens (including phenoxy) is 4. The molecule has 138 valence electrons. The maximum atomic E-state index is 12.6. The lowest BCUT2D eigenvalue weighted by atomic mass is 10.1. The van der Waals surface area contributed by atoms with E-state index in [9.17, 15) is 9.59 Å². The van der Waals surface area contributed by atoms with Crippen molar-refractivity contribution in [2.24, 2.45) is 5.92 Å². The van der Waals surface area contributed by atoms with Crippen LogP contribution < -0.4 is 18.9 Å². The van der Waals surface area contributed by atoms with E-state index in [1.54, 1.807) is 49.6 Å². The highest BCUT2D eigenvalue weighted by atomic mass is 16.5. The summed E-state index contributed by atoms with van der Waals surface area (Å²) in [7, 11) is 3.08. The molecular weight excluding hydrogens is 348 g/mol. The number of benzene rings is 2. The largest absolute Gasteiger partial charge is 0.493 e. The van der Waals surface area contributed by atoms with Gasteiger partial charge in [0.2, 0.25) is 5.78 Å². The van der Waals surface area contributed by atoms with Crippen molar-refractivity contribution in [3.05, 3.63) is 53.3 Å². The first-order valence-electron chi connectivity index (χ1n) is 8.61. The maximum Gasteiger partial charge on any atom is 0.314 e. The molecule has 0 aromatic heterocycles. The molecule has 2 aliphatic rings. The molecule has 0 atom stereocenters. The van der Waals surface area contributed by atoms with Gasteiger partial charge in [0.05, 0.1) is 25.7 Å². The number of rotatable bonds is 5. The molecule has 0 N–H and O–H groups in total. The predicted octanol–water partition coefficient (Wildman–Crippen LogP) is 3.64. The van der Waals surface area contributed by atoms with E-state index in [1.807, 2.05) is 0 Å². The Hall–Kier alpha value is -3.28. The number of hydrogen-bond donors (Lipinski definition) is 0. The summed E-state index contributed by atoms with van der Waals surface area (Å²) in [5.41, 5.74) is 1.09. The van der Waals surface area contributed by atoms with E-state index >= 15 is 0 Å². The number of carbonyl (C=O) groups excluding carboxylic acids is 2. The van der Waals surface area contributed by atoms with Gasteiger partial charge >= 0.3 is 5.97 Å². The summed E-state index contributed by atoms with van der Waals surface area (Å²) in [6, 6.07) is 10.2. The number of methoxy groups -OCH3 is 2. The number of carbonyl (C=O) groups is 2. The van der Waals surface area contributed by atoms with Crippen LogP contribution in [0.25, 0.3) is 6.08 Å². The second kappa shape index (κ2) is 6.79. The summed E-state index contributed by atoms with van der Waals surface area (Å²) < 4.78 is 21.7. The quantitative estimate of drug-likeness (QED) is 0.457. The highest BCUT2D eigenvalue weighted by Crippen LogP contribution is 2.38. The van der Waals surface area contributed by atoms with Crippen LogP contribution in [-0.2, 0) is 4.79 Å². The van der Waals surface area contributed by atoms with E-state index < -0.39 is 0 Å². The first kappa shape index (κ1) is 17.1. The van der Waals surface area contributed by atoms with Crippen LogP contribution in [0.5, 0.6) is 23.0 Å². The van der Waals surface area contributed by atoms with Crippen molar-refractivity contribution >= 4 is 17.8 Å². The topological polar surface area (TPSA) is 71.1 Å². The second-order valence-electron chi connectivity index (χ2n) is 6.38. The Morgan fingerprint density at radius 2 is 1.96 bits per heavy atom. The lowest BCUT2D eigenvalue weighted by molar-refractivity contribution is -0.135. The maximum absolute atomic E-state index is 12.6. The summed E-state index contributed by atoms with van der Waals surface area (Å²) in [6.45, 7) is 0. The fourth-order valence-electron chi connectivity index (χ4n) is 2.92. The van der Waals surface area contributed by atoms with Crippen molar-refractivity contribution in [2.45, 2.75) is 12.8 Å². The molecule has 0 bridgehead atoms. The van der Waals surface area contributed by atoms with E-state index in [4.69, 9.17) is 18.9 Å². The van der Waals surface area contributed by atoms with Crippen LogP contribution in [0.1, 0.15) is 28.8 Å². The number of para-hydroxylation sites is 1. The molecule has 1 heterocycles. The van der Waals surface area contributed by atoms with Crippen molar-refractivity contribution in [3.63, 3.8) is 0 Å². The lowest BCUT2D eigenvalue weighted by Crippen LogP contribution is -2.09. The molecule has 2 aromatic rings. The van der Waals surface area contributed by atoms with E-state index in [0.717, 1.165) is 12.8 Å². The van der Waals surface area contributed by atoms with Gasteiger partial charge in [-0.1, -0.05) is 12.1 Å². The van der Waals surface area contributed by atoms with E-state index in [0.29, 0.717) is 34.1 Å². The summed E-state index contributed by atoms with van der Waals surface area (Å²) in [6.07, 6.45) is 3.35. The summed E-state index contributed by atoms with van der Waals surface area (Å²) in [5.74, 6) is 1.50. The molecule has 27 heavy (non-hydrogen) atoms. The molecule has 1 saturated carbocycles. The third kappa shape index (κ3) is 3.26. The summed E-state index contributed by atoms with van der Waals surface area (Å²) in [4.78, 5) is 24.4. The molecule has 0 amide bonds. The molecular formula is C21H18O6. The van der Waals surface area contributed by atoms with Gasteiger partial charge in [0.1, 0.15) is 11.5 Å². The number of hydrogen-bond acceptors (Lipinski definition) is 6. The summed E-state index contributed by atoms with van der Waals surface area (Å²) >= 11 is 0. The van der Waals surface area contributed by atoms with Gasteiger partial charge in [-0.2, -0.15) is 0 Å². The van der Waals surface area contributed by atoms with Gasteiger partial charge in [0.15, 0.2) is 17.3 Å². The standard InChI is InChI=1S/C21H18O6/c1-24-16-5-3-4-13(20(16)25-2)10-18-19(22)15-9-8-14(11-17(15)27-18)26-21(23)12-6-7-12/h3-5,8-12H,6-7H2,1-2H3. The molecule has 1 fully saturated rings. The van der Waals surface area contributed by atoms with E-state index in [1.165, 1.54) is 7.11 Å². The first-order chi connectivity index (χ1) is 13.1. The first-order valence-corrected chi connectivity index (χ1v) is 8.61. The van der Waals surface area contributed by atoms with Crippen molar-refractivity contribution < 1.29 is 28.5 Å². The van der Waals surface area contributed by atoms with Crippen molar-refractivity contribution in [1.82, 2.24) is 0 Å². The lowest BCUT2D eigenvalue weighted by Gasteiger charge is -2.10. The Morgan fingerprint density at radius 3 is 2.67 bits per heavy atom. The van der Waals surface area contributed by atoms with Crippen LogP contribution in [0, 0.1) is 5.92 Å². The minimum atomic E-state index is -0.241. The average molecular weight is 366 g/mol. The molecule has 6 nitrogen and oxygen atoms in total. The van der Waals surface area contributed by atoms with Crippen LogP contribution in [0.2, 0.25) is 0 Å². The number of allylic oxidation sites excluding steroid dienone is 1. The van der Waals surface area contributed by atoms with Gasteiger partial charge in [-0.15, -0.1) is 0 Å². The molecule has 0 radical (unpaired) electrons. The van der Waals surface area contributed by atoms with Gasteiger partial charge in [0.25, 0.3) is 0 Å². The fourth-order valence-corrected chi connectivity index (χ4v) is 2.92. The number of ketones is 1. The Bertz CT molecular complexity index is 955. The van der Waals surface area contributed by atoms with Gasteiger partial charge in [0, 0.05) is 11.6 Å². The molecule has 4 rings (SSSR count). The Kier molecular flexibility index (Phi) is 4.32. The highest BCUT2D eigenvalue weighted by Gasteiger charge is 2.33. The van der Waals surface area contributed by atoms with Gasteiger partial charge in [-0.05, 0) is 37.1 Å². The normalized spacial score (nSPS) is 16.7. The molecule has 0 spiro atoms. The molecule has 1 aliphatic heterocycles. The molecule has 1 aliphatic carbocycles. The molecule has 0 saturated heterocycles. The van der Waals surface area contributed by atoms with Crippen LogP contribution in [0.4, 0.5) is 0 Å². The van der Waals surface area contributed by atoms with Crippen molar-refractivity contribution in [3.8, 4) is 23.0 Å². The molecule has 6 heteroatoms. The monoisotopic (exact) mass is 366 g/mol. The van der Waals surface area contributed by atoms with E-state index in [2.05, 4.69) is 0 Å². The highest BCUT2D eigenvalue weighted by molar-refractivity contribution is 6.14. The van der Waals surface area contributed by atoms with Crippen molar-refractivity contribution in [2.75, 3.05) is 14.2 Å². The van der Waals surface area contributed by atoms with Crippen molar-refractivity contribution in [1.29, 1.82) is 0 Å². The minimum absolute atomic E-state index is 0.00297. The Morgan fingerprint density at radius 1 is 1.15 bits per heavy atom. The number of fused-ring (bicyclic) bond motifs is 1. The summed E-state index contributed by atoms with van der Waals surface area (Å²) in [5, 5.41) is 0. The Balaban J connectivity index is 1.61. The number of esters is 1. The van der Waals surface area contributed by atoms with Gasteiger partial charge in [-0.25, -0.2) is 0 Å². The zero-order chi connectivity index (χ0) is 19.0. The molecule has 0 unspecified atom stereocenters. The SMILES string of the molecule is COc1cccc(C=C2Oc3cc(OC(=O)C4CC4)ccc3C2=O)c1OC. The third-order valence-corrected chi connectivity index (χ3v) is 4.49. The van der Waals surface area contributed by atoms with E-state index in [-0.39, 0.29) is 23.4 Å². The van der Waals surface area contributed by atoms with Gasteiger partial charge in [-0.3, -0.25) is 9.59 Å². The van der Waals surface area contributed by atoms with Crippen LogP contribution in [-0.4, -0.2) is 26.0 Å². The zero-order valence-corrected chi connectivity index (χ0v) is 15.0.